The molecule has 0 nitrogen and oxygen atoms in total. The molecule has 1 unspecified atom stereocenters. The summed E-state index contributed by atoms with van der Waals surface area (Å²) in [4.78, 5) is 0. The number of rotatable bonds is 4. The average Bonchev–Trinajstić information content (AvgIpc) is 1.82. The summed E-state index contributed by atoms with van der Waals surface area (Å²) in [5, 5.41) is 0. The number of halogens is 3. The molecule has 0 aromatic carbocycles. The van der Waals surface area contributed by atoms with E-state index < -0.39 is 31.6 Å². The van der Waals surface area contributed by atoms with Gasteiger partial charge in [-0.2, -0.15) is 0 Å². The van der Waals surface area contributed by atoms with Crippen molar-refractivity contribution in [1.82, 2.24) is 0 Å². The number of hydrogen-bond donors (Lipinski definition) is 0. The van der Waals surface area contributed by atoms with Crippen molar-refractivity contribution in [2.45, 2.75) is 15.1 Å². The number of hydrogen-bond acceptors (Lipinski definition) is 0. The van der Waals surface area contributed by atoms with Crippen LogP contribution >= 0.6 is 0 Å². The van der Waals surface area contributed by atoms with Crippen LogP contribution in [0.1, 0.15) is 0 Å². The van der Waals surface area contributed by atoms with Gasteiger partial charge in [0, 0.05) is 0 Å². The normalized spacial score (nSPS) is 13.8. The molecule has 54 valence electrons. The Labute approximate surface area is 62.2 Å². The molecule has 4 heteroatoms. The standard InChI is InChI=1S/C5H7F3Te/c1-2-3-9-5(8)4(6)7/h2,4-5H,1,3H2. The van der Waals surface area contributed by atoms with Crippen molar-refractivity contribution in [2.24, 2.45) is 0 Å². The molecule has 0 aromatic rings. The molecule has 0 bridgehead atoms. The maximum atomic E-state index is 12.0. The van der Waals surface area contributed by atoms with Gasteiger partial charge in [0.1, 0.15) is 0 Å². The first kappa shape index (κ1) is 9.32. The van der Waals surface area contributed by atoms with E-state index in [0.29, 0.717) is 4.47 Å². The molecular weight excluding hydrogens is 245 g/mol. The molecule has 9 heavy (non-hydrogen) atoms. The summed E-state index contributed by atoms with van der Waals surface area (Å²) in [7, 11) is 0. The monoisotopic (exact) mass is 254 g/mol. The van der Waals surface area contributed by atoms with Gasteiger partial charge in [0.05, 0.1) is 0 Å². The molecular formula is C5H7F3Te. The van der Waals surface area contributed by atoms with Crippen LogP contribution in [0.15, 0.2) is 12.7 Å². The van der Waals surface area contributed by atoms with Gasteiger partial charge in [-0.25, -0.2) is 0 Å². The number of allylic oxidation sites excluding steroid dienone is 1. The Morgan fingerprint density at radius 1 is 1.44 bits per heavy atom. The molecule has 0 heterocycles. The van der Waals surface area contributed by atoms with E-state index in [1.54, 1.807) is 0 Å². The van der Waals surface area contributed by atoms with E-state index in [1.807, 2.05) is 0 Å². The summed E-state index contributed by atoms with van der Waals surface area (Å²) in [5.41, 5.74) is 0. The minimum absolute atomic E-state index is 0.441. The van der Waals surface area contributed by atoms with Crippen LogP contribution < -0.4 is 0 Å². The van der Waals surface area contributed by atoms with E-state index >= 15 is 0 Å². The maximum absolute atomic E-state index is 12.0. The number of alkyl halides is 3. The van der Waals surface area contributed by atoms with E-state index in [2.05, 4.69) is 6.58 Å². The molecule has 1 atom stereocenters. The van der Waals surface area contributed by atoms with Gasteiger partial charge in [-0.15, -0.1) is 0 Å². The Balaban J connectivity index is 3.26. The molecule has 0 aromatic heterocycles. The fraction of sp³-hybridized carbons (Fsp3) is 0.600. The Hall–Kier alpha value is 0.320. The molecule has 0 N–H and O–H groups in total. The zero-order valence-electron chi connectivity index (χ0n) is 4.69. The predicted molar refractivity (Wildman–Crippen MR) is 31.7 cm³/mol. The first-order valence-electron chi connectivity index (χ1n) is 2.33. The summed E-state index contributed by atoms with van der Waals surface area (Å²) < 4.78 is 33.3. The zero-order valence-corrected chi connectivity index (χ0v) is 7.02. The third-order valence-corrected chi connectivity index (χ3v) is 3.29. The predicted octanol–water partition coefficient (Wildman–Crippen LogP) is 1.86. The van der Waals surface area contributed by atoms with E-state index in [4.69, 9.17) is 0 Å². The topological polar surface area (TPSA) is 0 Å². The Bertz CT molecular complexity index is 84.3. The Morgan fingerprint density at radius 3 is 2.33 bits per heavy atom. The van der Waals surface area contributed by atoms with Crippen LogP contribution in [0.5, 0.6) is 0 Å². The van der Waals surface area contributed by atoms with Gasteiger partial charge in [-0.1, -0.05) is 0 Å². The molecule has 0 saturated carbocycles. The molecule has 0 saturated heterocycles. The minimum atomic E-state index is -2.78. The summed E-state index contributed by atoms with van der Waals surface area (Å²) in [6, 6.07) is 0. The van der Waals surface area contributed by atoms with Crippen LogP contribution in [-0.2, 0) is 0 Å². The van der Waals surface area contributed by atoms with Crippen molar-refractivity contribution in [3.8, 4) is 0 Å². The van der Waals surface area contributed by atoms with Crippen LogP contribution in [0.3, 0.4) is 0 Å². The Kier molecular flexibility index (Phi) is 5.31. The second-order valence-corrected chi connectivity index (χ2v) is 4.50. The summed E-state index contributed by atoms with van der Waals surface area (Å²) >= 11 is -1.17. The van der Waals surface area contributed by atoms with Crippen LogP contribution in [0, 0.1) is 0 Å². The fourth-order valence-corrected chi connectivity index (χ4v) is 1.56. The molecule has 0 aliphatic heterocycles. The van der Waals surface area contributed by atoms with Gasteiger partial charge < -0.3 is 0 Å². The van der Waals surface area contributed by atoms with Gasteiger partial charge >= 0.3 is 61.9 Å². The fourth-order valence-electron chi connectivity index (χ4n) is 0.233. The van der Waals surface area contributed by atoms with E-state index in [1.165, 1.54) is 6.08 Å². The van der Waals surface area contributed by atoms with Gasteiger partial charge in [0.2, 0.25) is 0 Å². The van der Waals surface area contributed by atoms with Gasteiger partial charge in [0.25, 0.3) is 0 Å². The van der Waals surface area contributed by atoms with E-state index in [9.17, 15) is 13.2 Å². The van der Waals surface area contributed by atoms with Gasteiger partial charge in [0.15, 0.2) is 0 Å². The van der Waals surface area contributed by atoms with Crippen LogP contribution in [0.4, 0.5) is 13.2 Å². The first-order chi connectivity index (χ1) is 4.18. The molecule has 0 rings (SSSR count). The molecule has 0 aliphatic carbocycles. The second kappa shape index (κ2) is 5.13. The van der Waals surface area contributed by atoms with Crippen molar-refractivity contribution < 1.29 is 13.2 Å². The van der Waals surface area contributed by atoms with Crippen molar-refractivity contribution in [1.29, 1.82) is 0 Å². The third kappa shape index (κ3) is 4.80. The first-order valence-corrected chi connectivity index (χ1v) is 5.32. The Morgan fingerprint density at radius 2 is 2.00 bits per heavy atom. The van der Waals surface area contributed by atoms with E-state index in [-0.39, 0.29) is 0 Å². The quantitative estimate of drug-likeness (QED) is 0.529. The molecule has 0 fully saturated rings. The van der Waals surface area contributed by atoms with Gasteiger partial charge in [-0.3, -0.25) is 0 Å². The SMILES string of the molecule is C=CC[Te]C(F)C(F)F. The second-order valence-electron chi connectivity index (χ2n) is 1.31. The molecule has 0 amide bonds. The molecule has 0 radical (unpaired) electrons. The van der Waals surface area contributed by atoms with Crippen LogP contribution in [0.25, 0.3) is 0 Å². The van der Waals surface area contributed by atoms with Crippen molar-refractivity contribution in [2.75, 3.05) is 0 Å². The van der Waals surface area contributed by atoms with E-state index in [0.717, 1.165) is 0 Å². The summed E-state index contributed by atoms with van der Waals surface area (Å²) in [5.74, 6) is 0. The van der Waals surface area contributed by atoms with Gasteiger partial charge in [-0.05, 0) is 0 Å². The molecule has 0 spiro atoms. The summed E-state index contributed by atoms with van der Waals surface area (Å²) in [6.45, 7) is 3.31. The average molecular weight is 252 g/mol. The summed E-state index contributed by atoms with van der Waals surface area (Å²) in [6.07, 6.45) is -1.30. The molecule has 0 aliphatic rings. The van der Waals surface area contributed by atoms with Crippen LogP contribution in [-0.4, -0.2) is 31.6 Å². The zero-order chi connectivity index (χ0) is 7.28. The van der Waals surface area contributed by atoms with Crippen LogP contribution in [0.2, 0.25) is 4.47 Å². The van der Waals surface area contributed by atoms with Crippen molar-refractivity contribution in [3.05, 3.63) is 12.7 Å². The third-order valence-electron chi connectivity index (χ3n) is 0.571. The van der Waals surface area contributed by atoms with Crippen molar-refractivity contribution in [3.63, 3.8) is 0 Å². The van der Waals surface area contributed by atoms with Crippen molar-refractivity contribution >= 4 is 20.9 Å².